The Labute approximate surface area is 79.8 Å². The molecule has 6 heteroatoms. The minimum atomic E-state index is -0.630. The van der Waals surface area contributed by atoms with Crippen LogP contribution in [0.4, 0.5) is 14.9 Å². The standard InChI is InChI=1S/C8H9FN4O/c1-5-4-6(9)2-3-7(5)11-8(14)12-13-10/h2-4H,1H3,(H3,10,11,12,14). The zero-order chi connectivity index (χ0) is 10.6. The zero-order valence-corrected chi connectivity index (χ0v) is 7.47. The van der Waals surface area contributed by atoms with Crippen LogP contribution >= 0.6 is 0 Å². The van der Waals surface area contributed by atoms with Gasteiger partial charge in [-0.15, -0.1) is 0 Å². The van der Waals surface area contributed by atoms with Gasteiger partial charge in [-0.3, -0.25) is 0 Å². The van der Waals surface area contributed by atoms with Crippen LogP contribution in [-0.4, -0.2) is 6.03 Å². The van der Waals surface area contributed by atoms with Crippen molar-refractivity contribution in [1.82, 2.24) is 5.43 Å². The van der Waals surface area contributed by atoms with Gasteiger partial charge in [-0.2, -0.15) is 5.53 Å². The van der Waals surface area contributed by atoms with Crippen molar-refractivity contribution in [2.24, 2.45) is 5.22 Å². The number of aryl methyl sites for hydroxylation is 1. The van der Waals surface area contributed by atoms with Gasteiger partial charge in [-0.25, -0.2) is 14.6 Å². The summed E-state index contributed by atoms with van der Waals surface area (Å²) in [7, 11) is 0. The number of rotatable bonds is 2. The number of nitrogens with zero attached hydrogens (tertiary/aromatic N) is 1. The van der Waals surface area contributed by atoms with E-state index in [0.29, 0.717) is 11.3 Å². The Morgan fingerprint density at radius 1 is 1.57 bits per heavy atom. The molecule has 0 aliphatic heterocycles. The molecule has 14 heavy (non-hydrogen) atoms. The molecule has 0 heterocycles. The van der Waals surface area contributed by atoms with E-state index in [0.717, 1.165) is 0 Å². The topological polar surface area (TPSA) is 77.3 Å². The highest BCUT2D eigenvalue weighted by atomic mass is 19.1. The van der Waals surface area contributed by atoms with Gasteiger partial charge in [0, 0.05) is 5.69 Å². The molecule has 0 aromatic heterocycles. The van der Waals surface area contributed by atoms with Crippen LogP contribution in [0.3, 0.4) is 0 Å². The van der Waals surface area contributed by atoms with Gasteiger partial charge >= 0.3 is 6.03 Å². The molecule has 0 radical (unpaired) electrons. The SMILES string of the molecule is Cc1cc(F)ccc1NC(=O)NN=N. The van der Waals surface area contributed by atoms with Crippen LogP contribution in [0, 0.1) is 18.3 Å². The third-order valence-electron chi connectivity index (χ3n) is 1.59. The van der Waals surface area contributed by atoms with E-state index >= 15 is 0 Å². The van der Waals surface area contributed by atoms with Crippen LogP contribution < -0.4 is 10.7 Å². The van der Waals surface area contributed by atoms with Crippen LogP contribution in [-0.2, 0) is 0 Å². The molecular weight excluding hydrogens is 187 g/mol. The third-order valence-corrected chi connectivity index (χ3v) is 1.59. The average molecular weight is 196 g/mol. The Morgan fingerprint density at radius 3 is 2.86 bits per heavy atom. The van der Waals surface area contributed by atoms with E-state index in [1.54, 1.807) is 6.92 Å². The number of hydrogen-bond acceptors (Lipinski definition) is 3. The molecule has 0 unspecified atom stereocenters. The summed E-state index contributed by atoms with van der Waals surface area (Å²) in [6.07, 6.45) is 0. The summed E-state index contributed by atoms with van der Waals surface area (Å²) in [6.45, 7) is 1.66. The van der Waals surface area contributed by atoms with E-state index in [1.165, 1.54) is 18.2 Å². The largest absolute Gasteiger partial charge is 0.340 e. The number of anilines is 1. The second kappa shape index (κ2) is 4.31. The second-order valence-electron chi connectivity index (χ2n) is 2.64. The van der Waals surface area contributed by atoms with Gasteiger partial charge in [0.2, 0.25) is 0 Å². The van der Waals surface area contributed by atoms with E-state index in [-0.39, 0.29) is 5.82 Å². The average Bonchev–Trinajstić information content (AvgIpc) is 2.10. The summed E-state index contributed by atoms with van der Waals surface area (Å²) in [5, 5.41) is 5.10. The lowest BCUT2D eigenvalue weighted by molar-refractivity contribution is 0.251. The Hall–Kier alpha value is -1.98. The third kappa shape index (κ3) is 2.51. The number of amides is 2. The van der Waals surface area contributed by atoms with Gasteiger partial charge in [-0.05, 0) is 30.7 Å². The van der Waals surface area contributed by atoms with Crippen LogP contribution in [0.2, 0.25) is 0 Å². The molecule has 0 saturated carbocycles. The van der Waals surface area contributed by atoms with Crippen molar-refractivity contribution in [2.45, 2.75) is 6.92 Å². The molecule has 0 spiro atoms. The second-order valence-corrected chi connectivity index (χ2v) is 2.64. The Morgan fingerprint density at radius 2 is 2.29 bits per heavy atom. The summed E-state index contributed by atoms with van der Waals surface area (Å²) in [6, 6.07) is 3.34. The quantitative estimate of drug-likeness (QED) is 0.492. The van der Waals surface area contributed by atoms with Gasteiger partial charge in [-0.1, -0.05) is 5.22 Å². The smallest absolute Gasteiger partial charge is 0.306 e. The van der Waals surface area contributed by atoms with Crippen molar-refractivity contribution >= 4 is 11.7 Å². The molecule has 74 valence electrons. The maximum absolute atomic E-state index is 12.7. The molecule has 1 rings (SSSR count). The fourth-order valence-corrected chi connectivity index (χ4v) is 0.968. The predicted octanol–water partition coefficient (Wildman–Crippen LogP) is 2.20. The van der Waals surface area contributed by atoms with Crippen LogP contribution in [0.15, 0.2) is 23.4 Å². The maximum Gasteiger partial charge on any atom is 0.340 e. The Balaban J connectivity index is 2.76. The maximum atomic E-state index is 12.7. The minimum Gasteiger partial charge on any atom is -0.306 e. The monoisotopic (exact) mass is 196 g/mol. The first kappa shape index (κ1) is 10.1. The van der Waals surface area contributed by atoms with Crippen LogP contribution in [0.5, 0.6) is 0 Å². The molecule has 2 amide bonds. The minimum absolute atomic E-state index is 0.362. The lowest BCUT2D eigenvalue weighted by Crippen LogP contribution is -2.23. The highest BCUT2D eigenvalue weighted by Gasteiger charge is 2.03. The summed E-state index contributed by atoms with van der Waals surface area (Å²) in [5.74, 6) is -0.362. The number of urea groups is 1. The van der Waals surface area contributed by atoms with E-state index in [2.05, 4.69) is 10.5 Å². The molecule has 1 aromatic rings. The number of carbonyl (C=O) groups excluding carboxylic acids is 1. The van der Waals surface area contributed by atoms with Gasteiger partial charge in [0.05, 0.1) is 0 Å². The van der Waals surface area contributed by atoms with Gasteiger partial charge < -0.3 is 5.32 Å². The first-order valence-corrected chi connectivity index (χ1v) is 3.83. The van der Waals surface area contributed by atoms with E-state index in [9.17, 15) is 9.18 Å². The van der Waals surface area contributed by atoms with Crippen molar-refractivity contribution in [3.8, 4) is 0 Å². The first-order chi connectivity index (χ1) is 6.63. The number of carbonyl (C=O) groups is 1. The van der Waals surface area contributed by atoms with E-state index in [4.69, 9.17) is 5.53 Å². The molecule has 0 saturated heterocycles. The number of nitrogens with one attached hydrogen (secondary N) is 3. The normalized spacial score (nSPS) is 9.29. The molecule has 3 N–H and O–H groups in total. The molecule has 0 bridgehead atoms. The van der Waals surface area contributed by atoms with E-state index in [1.807, 2.05) is 5.43 Å². The summed E-state index contributed by atoms with van der Waals surface area (Å²) >= 11 is 0. The molecule has 0 aliphatic carbocycles. The predicted molar refractivity (Wildman–Crippen MR) is 48.4 cm³/mol. The first-order valence-electron chi connectivity index (χ1n) is 3.83. The fraction of sp³-hybridized carbons (Fsp3) is 0.125. The van der Waals surface area contributed by atoms with Crippen molar-refractivity contribution in [1.29, 1.82) is 5.53 Å². The number of halogens is 1. The highest BCUT2D eigenvalue weighted by Crippen LogP contribution is 2.15. The van der Waals surface area contributed by atoms with Gasteiger partial charge in [0.25, 0.3) is 0 Å². The Kier molecular flexibility index (Phi) is 3.11. The lowest BCUT2D eigenvalue weighted by atomic mass is 10.2. The van der Waals surface area contributed by atoms with Crippen molar-refractivity contribution in [3.05, 3.63) is 29.6 Å². The van der Waals surface area contributed by atoms with Crippen molar-refractivity contribution in [3.63, 3.8) is 0 Å². The number of hydrogen-bond donors (Lipinski definition) is 3. The van der Waals surface area contributed by atoms with Gasteiger partial charge in [0.15, 0.2) is 0 Å². The molecule has 5 nitrogen and oxygen atoms in total. The summed E-state index contributed by atoms with van der Waals surface area (Å²) in [4.78, 5) is 10.9. The highest BCUT2D eigenvalue weighted by molar-refractivity contribution is 5.89. The van der Waals surface area contributed by atoms with Crippen molar-refractivity contribution in [2.75, 3.05) is 5.32 Å². The lowest BCUT2D eigenvalue weighted by Gasteiger charge is -2.06. The molecule has 0 atom stereocenters. The van der Waals surface area contributed by atoms with Gasteiger partial charge in [0.1, 0.15) is 5.82 Å². The molecule has 1 aromatic carbocycles. The van der Waals surface area contributed by atoms with Crippen molar-refractivity contribution < 1.29 is 9.18 Å². The summed E-state index contributed by atoms with van der Waals surface area (Å²) < 4.78 is 12.7. The van der Waals surface area contributed by atoms with Crippen LogP contribution in [0.25, 0.3) is 0 Å². The molecule has 0 aliphatic rings. The molecular formula is C8H9FN4O. The molecule has 0 fully saturated rings. The number of benzene rings is 1. The fourth-order valence-electron chi connectivity index (χ4n) is 0.968. The summed E-state index contributed by atoms with van der Waals surface area (Å²) in [5.41, 5.74) is 9.34. The zero-order valence-electron chi connectivity index (χ0n) is 7.47. The van der Waals surface area contributed by atoms with E-state index < -0.39 is 6.03 Å². The van der Waals surface area contributed by atoms with Crippen LogP contribution in [0.1, 0.15) is 5.56 Å². The Bertz CT molecular complexity index is 366.